The highest BCUT2D eigenvalue weighted by atomic mass is 35.5. The third-order valence-electron chi connectivity index (χ3n) is 5.01. The maximum Gasteiger partial charge on any atom is 0.322 e. The third kappa shape index (κ3) is 7.57. The Balaban J connectivity index is 0.000000254. The second kappa shape index (κ2) is 13.8. The van der Waals surface area contributed by atoms with E-state index in [-0.39, 0.29) is 15.6 Å². The Bertz CT molecular complexity index is 1240. The predicted molar refractivity (Wildman–Crippen MR) is 140 cm³/mol. The van der Waals surface area contributed by atoms with Gasteiger partial charge in [-0.25, -0.2) is 8.78 Å². The number of aliphatic carboxylic acids is 1. The van der Waals surface area contributed by atoms with Gasteiger partial charge in [-0.3, -0.25) is 9.59 Å². The van der Waals surface area contributed by atoms with Gasteiger partial charge in [-0.2, -0.15) is 0 Å². The van der Waals surface area contributed by atoms with E-state index >= 15 is 0 Å². The van der Waals surface area contributed by atoms with Gasteiger partial charge in [-0.05, 0) is 43.2 Å². The smallest absolute Gasteiger partial charge is 0.322 e. The van der Waals surface area contributed by atoms with Gasteiger partial charge in [-0.15, -0.1) is 0 Å². The number of benzene rings is 3. The van der Waals surface area contributed by atoms with Gasteiger partial charge in [0, 0.05) is 11.1 Å². The Morgan fingerprint density at radius 1 is 0.946 bits per heavy atom. The van der Waals surface area contributed by atoms with E-state index in [1.165, 1.54) is 18.2 Å². The summed E-state index contributed by atoms with van der Waals surface area (Å²) in [6.45, 7) is 7.96. The fourth-order valence-corrected chi connectivity index (χ4v) is 4.10. The van der Waals surface area contributed by atoms with Crippen LogP contribution in [0.15, 0.2) is 42.5 Å². The molecule has 0 aliphatic carbocycles. The minimum absolute atomic E-state index is 0.112. The van der Waals surface area contributed by atoms with Gasteiger partial charge in [0.05, 0.1) is 15.6 Å². The molecule has 3 aromatic carbocycles. The fourth-order valence-electron chi connectivity index (χ4n) is 3.43. The van der Waals surface area contributed by atoms with Crippen LogP contribution >= 0.6 is 23.2 Å². The molecule has 0 bridgehead atoms. The second-order valence-electron chi connectivity index (χ2n) is 7.54. The van der Waals surface area contributed by atoms with Crippen LogP contribution in [0.1, 0.15) is 35.3 Å². The van der Waals surface area contributed by atoms with Crippen molar-refractivity contribution in [3.8, 4) is 22.6 Å². The molecule has 1 heterocycles. The topological polar surface area (TPSA) is 84.9 Å². The molecule has 1 aliphatic rings. The van der Waals surface area contributed by atoms with Gasteiger partial charge >= 0.3 is 5.97 Å². The highest BCUT2D eigenvalue weighted by Gasteiger charge is 2.22. The van der Waals surface area contributed by atoms with Gasteiger partial charge in [0.25, 0.3) is 5.91 Å². The number of fused-ring (bicyclic) bond motifs is 1. The van der Waals surface area contributed by atoms with E-state index < -0.39 is 30.1 Å². The summed E-state index contributed by atoms with van der Waals surface area (Å²) < 4.78 is 37.8. The second-order valence-corrected chi connectivity index (χ2v) is 8.35. The molecule has 6 nitrogen and oxygen atoms in total. The summed E-state index contributed by atoms with van der Waals surface area (Å²) >= 11 is 12.3. The third-order valence-corrected chi connectivity index (χ3v) is 5.61. The van der Waals surface area contributed by atoms with Crippen LogP contribution in [0.3, 0.4) is 0 Å². The highest BCUT2D eigenvalue weighted by Crippen LogP contribution is 2.46. The highest BCUT2D eigenvalue weighted by molar-refractivity contribution is 6.39. The van der Waals surface area contributed by atoms with Crippen molar-refractivity contribution in [2.24, 2.45) is 0 Å². The Morgan fingerprint density at radius 3 is 2.11 bits per heavy atom. The summed E-state index contributed by atoms with van der Waals surface area (Å²) in [6.07, 6.45) is 0. The van der Waals surface area contributed by atoms with Crippen LogP contribution in [0.5, 0.6) is 11.5 Å². The van der Waals surface area contributed by atoms with Crippen molar-refractivity contribution >= 4 is 35.1 Å². The van der Waals surface area contributed by atoms with Crippen molar-refractivity contribution < 1.29 is 33.0 Å². The first-order valence-electron chi connectivity index (χ1n) is 11.4. The average Bonchev–Trinajstić information content (AvgIpc) is 2.85. The quantitative estimate of drug-likeness (QED) is 0.369. The molecule has 0 radical (unpaired) electrons. The number of carboxylic acid groups (broad SMARTS) is 1. The van der Waals surface area contributed by atoms with E-state index in [1.54, 1.807) is 13.0 Å². The Kier molecular flexibility index (Phi) is 11.1. The summed E-state index contributed by atoms with van der Waals surface area (Å²) in [5.74, 6) is -1.72. The average molecular weight is 554 g/mol. The molecule has 37 heavy (non-hydrogen) atoms. The van der Waals surface area contributed by atoms with E-state index in [0.717, 1.165) is 11.6 Å². The zero-order valence-corrected chi connectivity index (χ0v) is 22.3. The van der Waals surface area contributed by atoms with Crippen LogP contribution < -0.4 is 14.8 Å². The van der Waals surface area contributed by atoms with Gasteiger partial charge in [0.2, 0.25) is 0 Å². The molecule has 0 fully saturated rings. The number of carbonyl (C=O) groups is 2. The number of hydrogen-bond donors (Lipinski definition) is 2. The van der Waals surface area contributed by atoms with Crippen molar-refractivity contribution in [3.05, 3.63) is 80.8 Å². The minimum atomic E-state index is -1.17. The van der Waals surface area contributed by atoms with Crippen LogP contribution in [0, 0.1) is 25.5 Å². The largest absolute Gasteiger partial charge is 0.486 e. The normalized spacial score (nSPS) is 11.4. The van der Waals surface area contributed by atoms with Crippen molar-refractivity contribution in [1.82, 2.24) is 5.32 Å². The van der Waals surface area contributed by atoms with Crippen LogP contribution in [-0.2, 0) is 4.79 Å². The maximum atomic E-state index is 13.3. The molecule has 0 saturated carbocycles. The number of carbonyl (C=O) groups excluding carboxylic acids is 1. The maximum absolute atomic E-state index is 13.3. The SMILES string of the molecule is CC.Cc1ccc(-c2c(Cl)cc(F)cc2Cl)c2c1OCCO2.Cc1cccc(F)c1C(=O)NCC(=O)O. The fraction of sp³-hybridized carbons (Fsp3) is 0.259. The Labute approximate surface area is 224 Å². The zero-order chi connectivity index (χ0) is 27.7. The van der Waals surface area contributed by atoms with E-state index in [4.69, 9.17) is 37.8 Å². The molecular weight excluding hydrogens is 527 g/mol. The number of hydrogen-bond acceptors (Lipinski definition) is 4. The standard InChI is InChI=1S/C15H11Cl2FO2.C10H10FNO3.C2H6/c1-8-2-3-10(15-14(8)19-4-5-20-15)13-11(16)6-9(18)7-12(13)17;1-6-3-2-4-7(11)9(6)10(15)12-5-8(13)14;1-2/h2-3,6-7H,4-5H2,1H3;2-4H,5H2,1H3,(H,12,15)(H,13,14);1-2H3. The summed E-state index contributed by atoms with van der Waals surface area (Å²) in [7, 11) is 0. The monoisotopic (exact) mass is 553 g/mol. The first-order chi connectivity index (χ1) is 17.6. The lowest BCUT2D eigenvalue weighted by Crippen LogP contribution is -2.30. The summed E-state index contributed by atoms with van der Waals surface area (Å²) in [6, 6.07) is 10.4. The predicted octanol–water partition coefficient (Wildman–Crippen LogP) is 6.85. The Hall–Kier alpha value is -3.36. The molecule has 1 aliphatic heterocycles. The molecule has 0 saturated heterocycles. The molecule has 1 amide bonds. The van der Waals surface area contributed by atoms with Crippen molar-refractivity contribution in [1.29, 1.82) is 0 Å². The summed E-state index contributed by atoms with van der Waals surface area (Å²) in [5, 5.41) is 10.9. The van der Waals surface area contributed by atoms with Gasteiger partial charge in [0.1, 0.15) is 31.4 Å². The van der Waals surface area contributed by atoms with Gasteiger partial charge < -0.3 is 19.9 Å². The number of nitrogens with one attached hydrogen (secondary N) is 1. The van der Waals surface area contributed by atoms with E-state index in [0.29, 0.717) is 41.4 Å². The van der Waals surface area contributed by atoms with Crippen LogP contribution in [0.25, 0.3) is 11.1 Å². The molecule has 0 aromatic heterocycles. The lowest BCUT2D eigenvalue weighted by atomic mass is 10.0. The van der Waals surface area contributed by atoms with E-state index in [9.17, 15) is 18.4 Å². The molecule has 10 heteroatoms. The molecule has 0 atom stereocenters. The zero-order valence-electron chi connectivity index (χ0n) is 20.8. The van der Waals surface area contributed by atoms with E-state index in [1.807, 2.05) is 32.9 Å². The van der Waals surface area contributed by atoms with E-state index in [2.05, 4.69) is 5.32 Å². The van der Waals surface area contributed by atoms with Crippen LogP contribution in [-0.4, -0.2) is 36.7 Å². The number of aryl methyl sites for hydroxylation is 2. The minimum Gasteiger partial charge on any atom is -0.486 e. The van der Waals surface area contributed by atoms with Gasteiger partial charge in [-0.1, -0.05) is 61.3 Å². The van der Waals surface area contributed by atoms with Gasteiger partial charge in [0.15, 0.2) is 11.5 Å². The van der Waals surface area contributed by atoms with Crippen LogP contribution in [0.2, 0.25) is 10.0 Å². The summed E-state index contributed by atoms with van der Waals surface area (Å²) in [5.41, 5.74) is 2.59. The molecule has 0 unspecified atom stereocenters. The molecular formula is C27H27Cl2F2NO5. The first-order valence-corrected chi connectivity index (χ1v) is 12.1. The Morgan fingerprint density at radius 2 is 1.54 bits per heavy atom. The number of rotatable bonds is 4. The number of carboxylic acids is 1. The number of halogens is 4. The molecule has 198 valence electrons. The van der Waals surface area contributed by atoms with Crippen molar-refractivity contribution in [3.63, 3.8) is 0 Å². The van der Waals surface area contributed by atoms with Crippen molar-refractivity contribution in [2.45, 2.75) is 27.7 Å². The summed E-state index contributed by atoms with van der Waals surface area (Å²) in [4.78, 5) is 21.6. The lowest BCUT2D eigenvalue weighted by molar-refractivity contribution is -0.135. The molecule has 2 N–H and O–H groups in total. The molecule has 0 spiro atoms. The van der Waals surface area contributed by atoms with Crippen molar-refractivity contribution in [2.75, 3.05) is 19.8 Å². The molecule has 3 aromatic rings. The number of amides is 1. The van der Waals surface area contributed by atoms with Crippen LogP contribution in [0.4, 0.5) is 8.78 Å². The number of ether oxygens (including phenoxy) is 2. The molecule has 4 rings (SSSR count). The first kappa shape index (κ1) is 29.9. The lowest BCUT2D eigenvalue weighted by Gasteiger charge is -2.23.